The maximum Gasteiger partial charge on any atom is 0.231 e. The lowest BCUT2D eigenvalue weighted by molar-refractivity contribution is -0.121. The van der Waals surface area contributed by atoms with Crippen molar-refractivity contribution in [1.29, 1.82) is 0 Å². The van der Waals surface area contributed by atoms with Gasteiger partial charge in [0.15, 0.2) is 0 Å². The average molecular weight is 455 g/mol. The zero-order chi connectivity index (χ0) is 22.7. The fourth-order valence-corrected chi connectivity index (χ4v) is 4.82. The maximum atomic E-state index is 13.6. The molecule has 2 heterocycles. The minimum Gasteiger partial charge on any atom is -0.492 e. The van der Waals surface area contributed by atoms with Crippen molar-refractivity contribution in [2.24, 2.45) is 5.92 Å². The predicted octanol–water partition coefficient (Wildman–Crippen LogP) is 4.37. The van der Waals surface area contributed by atoms with E-state index in [1.807, 2.05) is 39.3 Å². The van der Waals surface area contributed by atoms with E-state index < -0.39 is 0 Å². The van der Waals surface area contributed by atoms with Gasteiger partial charge in [-0.3, -0.25) is 9.89 Å². The van der Waals surface area contributed by atoms with Crippen LogP contribution in [0.1, 0.15) is 11.3 Å². The van der Waals surface area contributed by atoms with Gasteiger partial charge in [0.25, 0.3) is 0 Å². The van der Waals surface area contributed by atoms with Crippen LogP contribution in [-0.2, 0) is 11.2 Å². The molecule has 1 unspecified atom stereocenters. The van der Waals surface area contributed by atoms with Crippen molar-refractivity contribution in [3.05, 3.63) is 59.7 Å². The molecular weight excluding hydrogens is 427 g/mol. The van der Waals surface area contributed by atoms with E-state index in [1.165, 1.54) is 12.1 Å². The Labute approximate surface area is 191 Å². The van der Waals surface area contributed by atoms with Crippen molar-refractivity contribution in [2.45, 2.75) is 18.2 Å². The molecule has 4 rings (SSSR count). The number of aromatic amines is 1. The predicted molar refractivity (Wildman–Crippen MR) is 126 cm³/mol. The van der Waals surface area contributed by atoms with Crippen LogP contribution in [-0.4, -0.2) is 54.0 Å². The number of ether oxygens (including phenoxy) is 1. The fraction of sp³-hybridized carbons (Fsp3) is 0.333. The third kappa shape index (κ3) is 5.14. The van der Waals surface area contributed by atoms with Crippen molar-refractivity contribution in [1.82, 2.24) is 15.1 Å². The van der Waals surface area contributed by atoms with Gasteiger partial charge in [-0.25, -0.2) is 4.39 Å². The number of carbonyl (C=O) groups is 1. The summed E-state index contributed by atoms with van der Waals surface area (Å²) in [6.07, 6.45) is 2.27. The van der Waals surface area contributed by atoms with Gasteiger partial charge in [0.1, 0.15) is 18.2 Å². The molecule has 0 saturated heterocycles. The molecular formula is C24H27FN4O2S. The Hall–Kier alpha value is -2.84. The van der Waals surface area contributed by atoms with Crippen LogP contribution >= 0.6 is 11.8 Å². The number of carbonyl (C=O) groups excluding carboxylic acids is 1. The molecule has 1 aliphatic heterocycles. The number of amides is 1. The first kappa shape index (κ1) is 22.4. The van der Waals surface area contributed by atoms with E-state index in [0.717, 1.165) is 45.3 Å². The molecule has 0 saturated carbocycles. The number of H-pyrrole nitrogens is 1. The number of fused-ring (bicyclic) bond motifs is 1. The summed E-state index contributed by atoms with van der Waals surface area (Å²) >= 11 is 1.70. The number of halogens is 1. The highest BCUT2D eigenvalue weighted by Gasteiger charge is 2.27. The number of benzene rings is 2. The topological polar surface area (TPSA) is 70.2 Å². The van der Waals surface area contributed by atoms with E-state index in [2.05, 4.69) is 26.5 Å². The second kappa shape index (κ2) is 9.75. The zero-order valence-corrected chi connectivity index (χ0v) is 19.3. The first-order valence-corrected chi connectivity index (χ1v) is 11.5. The number of anilines is 1. The fourth-order valence-electron chi connectivity index (χ4n) is 3.66. The summed E-state index contributed by atoms with van der Waals surface area (Å²) in [7, 11) is 4.08. The summed E-state index contributed by atoms with van der Waals surface area (Å²) in [4.78, 5) is 16.2. The highest BCUT2D eigenvalue weighted by atomic mass is 32.2. The van der Waals surface area contributed by atoms with Gasteiger partial charge < -0.3 is 15.0 Å². The molecule has 3 aromatic rings. The van der Waals surface area contributed by atoms with E-state index in [1.54, 1.807) is 17.8 Å². The molecule has 0 bridgehead atoms. The smallest absolute Gasteiger partial charge is 0.231 e. The van der Waals surface area contributed by atoms with Crippen LogP contribution in [0, 0.1) is 18.7 Å². The van der Waals surface area contributed by atoms with Crippen LogP contribution in [0.3, 0.4) is 0 Å². The molecule has 1 amide bonds. The average Bonchev–Trinajstić information content (AvgIpc) is 3.19. The van der Waals surface area contributed by atoms with Crippen LogP contribution in [0.4, 0.5) is 10.1 Å². The largest absolute Gasteiger partial charge is 0.492 e. The lowest BCUT2D eigenvalue weighted by Crippen LogP contribution is -2.32. The van der Waals surface area contributed by atoms with E-state index in [4.69, 9.17) is 4.74 Å². The van der Waals surface area contributed by atoms with Gasteiger partial charge in [0, 0.05) is 28.5 Å². The van der Waals surface area contributed by atoms with Crippen molar-refractivity contribution < 1.29 is 13.9 Å². The van der Waals surface area contributed by atoms with Gasteiger partial charge in [-0.05, 0) is 68.9 Å². The number of nitrogens with zero attached hydrogens (tertiary/aromatic N) is 2. The quantitative estimate of drug-likeness (QED) is 0.519. The molecule has 0 aliphatic carbocycles. The molecule has 1 aliphatic rings. The third-order valence-electron chi connectivity index (χ3n) is 5.48. The summed E-state index contributed by atoms with van der Waals surface area (Å²) in [6.45, 7) is 3.19. The van der Waals surface area contributed by atoms with Gasteiger partial charge in [0.05, 0.1) is 17.8 Å². The van der Waals surface area contributed by atoms with Crippen LogP contribution in [0.5, 0.6) is 5.75 Å². The van der Waals surface area contributed by atoms with E-state index >= 15 is 0 Å². The van der Waals surface area contributed by atoms with Crippen molar-refractivity contribution in [3.63, 3.8) is 0 Å². The molecule has 0 spiro atoms. The first-order chi connectivity index (χ1) is 15.4. The maximum absolute atomic E-state index is 13.6. The summed E-state index contributed by atoms with van der Waals surface area (Å²) in [5.74, 6) is 0.720. The molecule has 1 atom stereocenters. The summed E-state index contributed by atoms with van der Waals surface area (Å²) in [5.41, 5.74) is 4.58. The van der Waals surface area contributed by atoms with Gasteiger partial charge in [-0.1, -0.05) is 6.07 Å². The standard InChI is InChI=1S/C24H27FN4O2S/c1-15-20(13-26-28-15)16-4-6-21(23(12-16)32-9-8-29(2)3)27-24(30)18-10-17-11-19(25)5-7-22(17)31-14-18/h4-7,11-13,18H,8-10,14H2,1-3H3,(H,26,28)(H,27,30). The molecule has 8 heteroatoms. The number of thioether (sulfide) groups is 1. The Morgan fingerprint density at radius 1 is 1.31 bits per heavy atom. The van der Waals surface area contributed by atoms with Gasteiger partial charge in [0.2, 0.25) is 5.91 Å². The zero-order valence-electron chi connectivity index (χ0n) is 18.4. The number of aryl methyl sites for hydroxylation is 1. The second-order valence-electron chi connectivity index (χ2n) is 8.22. The summed E-state index contributed by atoms with van der Waals surface area (Å²) in [6, 6.07) is 10.5. The second-order valence-corrected chi connectivity index (χ2v) is 9.36. The van der Waals surface area contributed by atoms with Crippen LogP contribution in [0.15, 0.2) is 47.5 Å². The number of nitrogens with one attached hydrogen (secondary N) is 2. The highest BCUT2D eigenvalue weighted by molar-refractivity contribution is 7.99. The summed E-state index contributed by atoms with van der Waals surface area (Å²) in [5, 5.41) is 10.2. The number of rotatable bonds is 7. The third-order valence-corrected chi connectivity index (χ3v) is 6.51. The van der Waals surface area contributed by atoms with Crippen LogP contribution in [0.25, 0.3) is 11.1 Å². The molecule has 2 aromatic carbocycles. The van der Waals surface area contributed by atoms with E-state index in [-0.39, 0.29) is 24.2 Å². The van der Waals surface area contributed by atoms with Crippen molar-refractivity contribution >= 4 is 23.4 Å². The molecule has 168 valence electrons. The molecule has 6 nitrogen and oxygen atoms in total. The minimum absolute atomic E-state index is 0.124. The number of hydrogen-bond acceptors (Lipinski definition) is 5. The lowest BCUT2D eigenvalue weighted by Gasteiger charge is -2.25. The normalized spacial score (nSPS) is 15.3. The Balaban J connectivity index is 1.53. The Kier molecular flexibility index (Phi) is 6.81. The molecule has 32 heavy (non-hydrogen) atoms. The van der Waals surface area contributed by atoms with Gasteiger partial charge in [-0.2, -0.15) is 5.10 Å². The minimum atomic E-state index is -0.375. The van der Waals surface area contributed by atoms with Gasteiger partial charge in [-0.15, -0.1) is 11.8 Å². The molecule has 0 fully saturated rings. The first-order valence-electron chi connectivity index (χ1n) is 10.5. The summed E-state index contributed by atoms with van der Waals surface area (Å²) < 4.78 is 19.3. The SMILES string of the molecule is Cc1[nH]ncc1-c1ccc(NC(=O)C2COc3ccc(F)cc3C2)c(SCCN(C)C)c1. The molecule has 2 N–H and O–H groups in total. The Bertz CT molecular complexity index is 1120. The highest BCUT2D eigenvalue weighted by Crippen LogP contribution is 2.34. The number of aromatic nitrogens is 2. The van der Waals surface area contributed by atoms with Crippen LogP contribution in [0.2, 0.25) is 0 Å². The van der Waals surface area contributed by atoms with Gasteiger partial charge >= 0.3 is 0 Å². The van der Waals surface area contributed by atoms with Crippen molar-refractivity contribution in [2.75, 3.05) is 38.3 Å². The Morgan fingerprint density at radius 3 is 2.91 bits per heavy atom. The molecule has 1 aromatic heterocycles. The van der Waals surface area contributed by atoms with E-state index in [9.17, 15) is 9.18 Å². The lowest BCUT2D eigenvalue weighted by atomic mass is 9.95. The van der Waals surface area contributed by atoms with Crippen molar-refractivity contribution in [3.8, 4) is 16.9 Å². The van der Waals surface area contributed by atoms with Crippen LogP contribution < -0.4 is 10.1 Å². The Morgan fingerprint density at radius 2 is 2.16 bits per heavy atom. The number of hydrogen-bond donors (Lipinski definition) is 2. The van der Waals surface area contributed by atoms with E-state index in [0.29, 0.717) is 12.2 Å². The monoisotopic (exact) mass is 454 g/mol. The molecule has 0 radical (unpaired) electrons.